The highest BCUT2D eigenvalue weighted by Crippen LogP contribution is 2.27. The van der Waals surface area contributed by atoms with Gasteiger partial charge in [0.25, 0.3) is 10.0 Å². The topological polar surface area (TPSA) is 131 Å². The zero-order valence-corrected chi connectivity index (χ0v) is 18.7. The number of benzene rings is 2. The summed E-state index contributed by atoms with van der Waals surface area (Å²) in [6.07, 6.45) is 1.50. The van der Waals surface area contributed by atoms with Gasteiger partial charge >= 0.3 is 6.09 Å². The second-order valence-corrected chi connectivity index (χ2v) is 10.2. The lowest BCUT2D eigenvalue weighted by Gasteiger charge is -2.29. The van der Waals surface area contributed by atoms with Crippen LogP contribution in [0.15, 0.2) is 81.6 Å². The van der Waals surface area contributed by atoms with Gasteiger partial charge in [-0.1, -0.05) is 0 Å². The summed E-state index contributed by atoms with van der Waals surface area (Å²) in [7, 11) is -5.53. The third kappa shape index (κ3) is 4.41. The number of hydrazine groups is 1. The molecule has 0 aromatic heterocycles. The molecule has 170 valence electrons. The number of nitrogens with zero attached hydrogens (tertiary/aromatic N) is 2. The fourth-order valence-electron chi connectivity index (χ4n) is 2.86. The van der Waals surface area contributed by atoms with Gasteiger partial charge in [0, 0.05) is 6.20 Å². The zero-order chi connectivity index (χ0) is 23.5. The van der Waals surface area contributed by atoms with E-state index in [2.05, 4.69) is 0 Å². The van der Waals surface area contributed by atoms with E-state index in [1.165, 1.54) is 62.8 Å². The molecule has 0 spiro atoms. The van der Waals surface area contributed by atoms with Crippen molar-refractivity contribution in [2.45, 2.75) is 9.79 Å². The van der Waals surface area contributed by atoms with Gasteiger partial charge < -0.3 is 14.6 Å². The van der Waals surface area contributed by atoms with Crippen molar-refractivity contribution in [1.82, 2.24) is 9.42 Å². The Morgan fingerprint density at radius 2 is 1.38 bits per heavy atom. The summed E-state index contributed by atoms with van der Waals surface area (Å²) in [5, 5.41) is 10.1. The Bertz CT molecular complexity index is 1270. The molecule has 0 radical (unpaired) electrons. The highest BCUT2D eigenvalue weighted by atomic mass is 32.2. The minimum absolute atomic E-state index is 0.0532. The van der Waals surface area contributed by atoms with E-state index in [4.69, 9.17) is 9.47 Å². The number of rotatable bonds is 6. The van der Waals surface area contributed by atoms with Crippen molar-refractivity contribution in [3.63, 3.8) is 0 Å². The first kappa shape index (κ1) is 23.2. The molecule has 1 aliphatic heterocycles. The molecule has 0 saturated heterocycles. The molecule has 1 amide bonds. The fraction of sp³-hybridized carbons (Fsp3) is 0.150. The minimum atomic E-state index is -4.36. The Hall–Kier alpha value is -3.51. The lowest BCUT2D eigenvalue weighted by atomic mass is 10.3. The average Bonchev–Trinajstić information content (AvgIpc) is 3.03. The quantitative estimate of drug-likeness (QED) is 0.667. The van der Waals surface area contributed by atoms with Crippen LogP contribution >= 0.6 is 0 Å². The normalized spacial score (nSPS) is 14.5. The SMILES string of the molecule is COc1ccc(S(=O)(=O)C2=CCN(C(=O)O)N(S(=O)(=O)c3ccc(OC)cc3)C=C2)cc1. The Morgan fingerprint density at radius 3 is 1.84 bits per heavy atom. The summed E-state index contributed by atoms with van der Waals surface area (Å²) < 4.78 is 62.7. The zero-order valence-electron chi connectivity index (χ0n) is 17.1. The molecule has 0 saturated carbocycles. The van der Waals surface area contributed by atoms with Crippen molar-refractivity contribution in [2.75, 3.05) is 20.8 Å². The van der Waals surface area contributed by atoms with E-state index in [1.54, 1.807) is 0 Å². The number of carboxylic acid groups (broad SMARTS) is 1. The molecule has 32 heavy (non-hydrogen) atoms. The number of carbonyl (C=O) groups is 1. The van der Waals surface area contributed by atoms with Gasteiger partial charge in [0.1, 0.15) is 11.5 Å². The first-order valence-corrected chi connectivity index (χ1v) is 12.0. The monoisotopic (exact) mass is 480 g/mol. The largest absolute Gasteiger partial charge is 0.497 e. The van der Waals surface area contributed by atoms with Crippen LogP contribution in [0.3, 0.4) is 0 Å². The van der Waals surface area contributed by atoms with E-state index in [0.29, 0.717) is 20.9 Å². The second-order valence-electron chi connectivity index (χ2n) is 6.42. The van der Waals surface area contributed by atoms with Gasteiger partial charge in [-0.05, 0) is 60.7 Å². The van der Waals surface area contributed by atoms with Gasteiger partial charge in [0.05, 0.1) is 35.5 Å². The summed E-state index contributed by atoms with van der Waals surface area (Å²) in [5.41, 5.74) is 0. The number of hydrogen-bond donors (Lipinski definition) is 1. The van der Waals surface area contributed by atoms with Gasteiger partial charge in [-0.3, -0.25) is 0 Å². The minimum Gasteiger partial charge on any atom is -0.497 e. The summed E-state index contributed by atoms with van der Waals surface area (Å²) >= 11 is 0. The lowest BCUT2D eigenvalue weighted by Crippen LogP contribution is -2.45. The van der Waals surface area contributed by atoms with Crippen LogP contribution in [0.4, 0.5) is 4.79 Å². The van der Waals surface area contributed by atoms with Crippen molar-refractivity contribution in [3.8, 4) is 11.5 Å². The molecule has 1 heterocycles. The maximum Gasteiger partial charge on any atom is 0.427 e. The summed E-state index contributed by atoms with van der Waals surface area (Å²) in [6.45, 7) is -0.511. The number of sulfone groups is 1. The number of amides is 1. The molecule has 12 heteroatoms. The van der Waals surface area contributed by atoms with E-state index in [0.717, 1.165) is 18.4 Å². The molecular formula is C20H20N2O8S2. The van der Waals surface area contributed by atoms with Crippen LogP contribution in [0.5, 0.6) is 11.5 Å². The van der Waals surface area contributed by atoms with Gasteiger partial charge in [-0.2, -0.15) is 12.8 Å². The first-order valence-electron chi connectivity index (χ1n) is 9.07. The molecule has 0 fully saturated rings. The second kappa shape index (κ2) is 8.93. The number of ether oxygens (including phenoxy) is 2. The molecule has 0 aliphatic carbocycles. The Labute approximate surface area is 185 Å². The molecule has 0 bridgehead atoms. The summed E-state index contributed by atoms with van der Waals surface area (Å²) in [5.74, 6) is 0.878. The standard InChI is InChI=1S/C20H20N2O8S2/c1-29-15-3-7-17(8-4-15)31(25,26)18-11-13-21(20(23)24)22(14-12-18)32(27,28)19-9-5-16(30-2)6-10-19/h3-12,14H,13H2,1-2H3,(H,23,24). The van der Waals surface area contributed by atoms with Crippen molar-refractivity contribution in [2.24, 2.45) is 0 Å². The average molecular weight is 481 g/mol. The molecule has 2 aromatic rings. The summed E-state index contributed by atoms with van der Waals surface area (Å²) in [4.78, 5) is 11.3. The molecular weight excluding hydrogens is 460 g/mol. The predicted octanol–water partition coefficient (Wildman–Crippen LogP) is 2.47. The number of sulfonamides is 1. The van der Waals surface area contributed by atoms with Gasteiger partial charge in [0.15, 0.2) is 0 Å². The molecule has 1 N–H and O–H groups in total. The first-order chi connectivity index (χ1) is 15.1. The molecule has 0 atom stereocenters. The molecule has 10 nitrogen and oxygen atoms in total. The number of allylic oxidation sites excluding steroid dienone is 1. The third-order valence-corrected chi connectivity index (χ3v) is 8.07. The van der Waals surface area contributed by atoms with Crippen molar-refractivity contribution >= 4 is 26.0 Å². The van der Waals surface area contributed by atoms with Crippen molar-refractivity contribution < 1.29 is 36.2 Å². The Balaban J connectivity index is 2.01. The predicted molar refractivity (Wildman–Crippen MR) is 114 cm³/mol. The Morgan fingerprint density at radius 1 is 0.875 bits per heavy atom. The maximum atomic E-state index is 13.1. The van der Waals surface area contributed by atoms with Gasteiger partial charge in [-0.25, -0.2) is 18.2 Å². The molecule has 0 unspecified atom stereocenters. The van der Waals surface area contributed by atoms with E-state index in [9.17, 15) is 26.7 Å². The molecule has 1 aliphatic rings. The van der Waals surface area contributed by atoms with Gasteiger partial charge in [-0.15, -0.1) is 0 Å². The van der Waals surface area contributed by atoms with Crippen LogP contribution in [0.2, 0.25) is 0 Å². The van der Waals surface area contributed by atoms with Crippen LogP contribution in [0.25, 0.3) is 0 Å². The summed E-state index contributed by atoms with van der Waals surface area (Å²) in [6, 6.07) is 11.0. The highest BCUT2D eigenvalue weighted by molar-refractivity contribution is 7.95. The third-order valence-electron chi connectivity index (χ3n) is 4.57. The maximum absolute atomic E-state index is 13.1. The van der Waals surface area contributed by atoms with E-state index in [-0.39, 0.29) is 14.7 Å². The smallest absolute Gasteiger partial charge is 0.427 e. The van der Waals surface area contributed by atoms with Crippen LogP contribution in [-0.2, 0) is 19.9 Å². The molecule has 3 rings (SSSR count). The van der Waals surface area contributed by atoms with E-state index in [1.807, 2.05) is 0 Å². The number of hydrogen-bond acceptors (Lipinski definition) is 7. The van der Waals surface area contributed by atoms with Gasteiger partial charge in [0.2, 0.25) is 9.84 Å². The van der Waals surface area contributed by atoms with Crippen molar-refractivity contribution in [1.29, 1.82) is 0 Å². The van der Waals surface area contributed by atoms with Crippen molar-refractivity contribution in [3.05, 3.63) is 71.8 Å². The fourth-order valence-corrected chi connectivity index (χ4v) is 5.47. The van der Waals surface area contributed by atoms with Crippen LogP contribution in [-0.4, -0.2) is 58.2 Å². The highest BCUT2D eigenvalue weighted by Gasteiger charge is 2.33. The molecule has 2 aromatic carbocycles. The van der Waals surface area contributed by atoms with Crippen LogP contribution in [0.1, 0.15) is 0 Å². The van der Waals surface area contributed by atoms with Crippen LogP contribution < -0.4 is 9.47 Å². The van der Waals surface area contributed by atoms with Crippen LogP contribution in [0, 0.1) is 0 Å². The van der Waals surface area contributed by atoms with E-state index >= 15 is 0 Å². The van der Waals surface area contributed by atoms with E-state index < -0.39 is 32.5 Å². The Kier molecular flexibility index (Phi) is 6.46. The number of methoxy groups -OCH3 is 2. The lowest BCUT2D eigenvalue weighted by molar-refractivity contribution is 0.0909.